The fourth-order valence-electron chi connectivity index (χ4n) is 1.68. The lowest BCUT2D eigenvalue weighted by molar-refractivity contribution is 0.573. The van der Waals surface area contributed by atoms with E-state index in [2.05, 4.69) is 20.7 Å². The van der Waals surface area contributed by atoms with Crippen LogP contribution < -0.4 is 10.5 Å². The number of halogens is 3. The van der Waals surface area contributed by atoms with Crippen LogP contribution in [-0.4, -0.2) is 8.42 Å². The van der Waals surface area contributed by atoms with Gasteiger partial charge in [0.1, 0.15) is 4.90 Å². The van der Waals surface area contributed by atoms with Gasteiger partial charge in [-0.1, -0.05) is 17.7 Å². The maximum atomic E-state index is 13.9. The van der Waals surface area contributed by atoms with Crippen LogP contribution in [0.1, 0.15) is 5.56 Å². The van der Waals surface area contributed by atoms with Crippen molar-refractivity contribution >= 4 is 48.9 Å². The Hall–Kier alpha value is -1.31. The standard InChI is InChI=1S/C13H11BrClFN2O2S/c1-7-2-3-11(9(14)4-7)18-21(19,20)12-6-8(15)5-10(17)13(12)16/h2-6,18H,17H2,1H3. The third kappa shape index (κ3) is 3.48. The first-order chi connectivity index (χ1) is 9.70. The number of sulfonamides is 1. The summed E-state index contributed by atoms with van der Waals surface area (Å²) in [4.78, 5) is -0.597. The van der Waals surface area contributed by atoms with Crippen molar-refractivity contribution in [3.63, 3.8) is 0 Å². The number of benzene rings is 2. The summed E-state index contributed by atoms with van der Waals surface area (Å²) in [5.74, 6) is -1.03. The molecular formula is C13H11BrClFN2O2S. The molecule has 3 N–H and O–H groups in total. The molecular weight excluding hydrogens is 383 g/mol. The molecule has 4 nitrogen and oxygen atoms in total. The van der Waals surface area contributed by atoms with Gasteiger partial charge in [-0.25, -0.2) is 12.8 Å². The molecule has 0 aliphatic heterocycles. The van der Waals surface area contributed by atoms with E-state index in [-0.39, 0.29) is 10.7 Å². The van der Waals surface area contributed by atoms with Crippen LogP contribution in [0.2, 0.25) is 5.02 Å². The minimum absolute atomic E-state index is 0.0391. The van der Waals surface area contributed by atoms with Crippen LogP contribution in [0.25, 0.3) is 0 Å². The summed E-state index contributed by atoms with van der Waals surface area (Å²) < 4.78 is 41.3. The Morgan fingerprint density at radius 2 is 1.95 bits per heavy atom. The molecule has 0 aromatic heterocycles. The van der Waals surface area contributed by atoms with Gasteiger partial charge in [-0.3, -0.25) is 4.72 Å². The Kier molecular flexibility index (Phi) is 4.46. The zero-order chi connectivity index (χ0) is 15.8. The van der Waals surface area contributed by atoms with Crippen molar-refractivity contribution in [2.24, 2.45) is 0 Å². The van der Waals surface area contributed by atoms with Gasteiger partial charge in [-0.2, -0.15) is 0 Å². The van der Waals surface area contributed by atoms with E-state index in [0.29, 0.717) is 10.2 Å². The predicted molar refractivity (Wildman–Crippen MR) is 85.5 cm³/mol. The molecule has 0 aliphatic rings. The van der Waals surface area contributed by atoms with Gasteiger partial charge in [0.25, 0.3) is 10.0 Å². The van der Waals surface area contributed by atoms with Gasteiger partial charge in [-0.05, 0) is 52.7 Å². The van der Waals surface area contributed by atoms with E-state index in [0.717, 1.165) is 17.7 Å². The molecule has 112 valence electrons. The highest BCUT2D eigenvalue weighted by atomic mass is 79.9. The molecule has 21 heavy (non-hydrogen) atoms. The van der Waals surface area contributed by atoms with E-state index in [4.69, 9.17) is 17.3 Å². The van der Waals surface area contributed by atoms with Crippen LogP contribution in [0.15, 0.2) is 39.7 Å². The van der Waals surface area contributed by atoms with Gasteiger partial charge in [0, 0.05) is 9.50 Å². The highest BCUT2D eigenvalue weighted by Crippen LogP contribution is 2.29. The number of hydrogen-bond acceptors (Lipinski definition) is 3. The van der Waals surface area contributed by atoms with E-state index in [1.165, 1.54) is 0 Å². The fraction of sp³-hybridized carbons (Fsp3) is 0.0769. The van der Waals surface area contributed by atoms with Crippen molar-refractivity contribution in [2.75, 3.05) is 10.5 Å². The third-order valence-electron chi connectivity index (χ3n) is 2.69. The second kappa shape index (κ2) is 5.82. The van der Waals surface area contributed by atoms with E-state index in [1.807, 2.05) is 6.92 Å². The topological polar surface area (TPSA) is 72.2 Å². The molecule has 0 aliphatic carbocycles. The average Bonchev–Trinajstić information content (AvgIpc) is 2.37. The van der Waals surface area contributed by atoms with Gasteiger partial charge in [0.15, 0.2) is 5.82 Å². The number of hydrogen-bond donors (Lipinski definition) is 2. The van der Waals surface area contributed by atoms with E-state index >= 15 is 0 Å². The first-order valence-corrected chi connectivity index (χ1v) is 8.39. The van der Waals surface area contributed by atoms with Gasteiger partial charge >= 0.3 is 0 Å². The van der Waals surface area contributed by atoms with Crippen molar-refractivity contribution < 1.29 is 12.8 Å². The van der Waals surface area contributed by atoms with Crippen LogP contribution in [0.5, 0.6) is 0 Å². The Morgan fingerprint density at radius 3 is 2.57 bits per heavy atom. The number of nitrogens with two attached hydrogens (primary N) is 1. The van der Waals surface area contributed by atoms with Crippen molar-refractivity contribution in [1.82, 2.24) is 0 Å². The molecule has 0 amide bonds. The molecule has 0 saturated carbocycles. The van der Waals surface area contributed by atoms with Crippen LogP contribution in [0.3, 0.4) is 0 Å². The van der Waals surface area contributed by atoms with Gasteiger partial charge in [0.2, 0.25) is 0 Å². The summed E-state index contributed by atoms with van der Waals surface area (Å²) in [5.41, 5.74) is 6.31. The molecule has 0 radical (unpaired) electrons. The molecule has 0 spiro atoms. The maximum absolute atomic E-state index is 13.9. The number of nitrogens with one attached hydrogen (secondary N) is 1. The van der Waals surface area contributed by atoms with Crippen LogP contribution in [0, 0.1) is 12.7 Å². The lowest BCUT2D eigenvalue weighted by atomic mass is 10.2. The highest BCUT2D eigenvalue weighted by Gasteiger charge is 2.22. The van der Waals surface area contributed by atoms with E-state index < -0.39 is 20.7 Å². The second-order valence-electron chi connectivity index (χ2n) is 4.40. The van der Waals surface area contributed by atoms with Crippen molar-refractivity contribution in [3.8, 4) is 0 Å². The minimum Gasteiger partial charge on any atom is -0.396 e. The quantitative estimate of drug-likeness (QED) is 0.776. The lowest BCUT2D eigenvalue weighted by Crippen LogP contribution is -2.16. The Labute approximate surface area is 135 Å². The average molecular weight is 394 g/mol. The Bertz CT molecular complexity index is 812. The normalized spacial score (nSPS) is 11.4. The van der Waals surface area contributed by atoms with Crippen LogP contribution in [0.4, 0.5) is 15.8 Å². The zero-order valence-corrected chi connectivity index (χ0v) is 14.0. The molecule has 2 rings (SSSR count). The summed E-state index contributed by atoms with van der Waals surface area (Å²) in [6.07, 6.45) is 0. The first kappa shape index (κ1) is 16.1. The molecule has 8 heteroatoms. The Morgan fingerprint density at radius 1 is 1.29 bits per heavy atom. The second-order valence-corrected chi connectivity index (χ2v) is 7.34. The number of aryl methyl sites for hydroxylation is 1. The largest absolute Gasteiger partial charge is 0.396 e. The highest BCUT2D eigenvalue weighted by molar-refractivity contribution is 9.10. The summed E-state index contributed by atoms with van der Waals surface area (Å²) >= 11 is 8.98. The molecule has 0 saturated heterocycles. The maximum Gasteiger partial charge on any atom is 0.264 e. The van der Waals surface area contributed by atoms with E-state index in [9.17, 15) is 12.8 Å². The molecule has 2 aromatic rings. The van der Waals surface area contributed by atoms with Gasteiger partial charge < -0.3 is 5.73 Å². The molecule has 2 aromatic carbocycles. The minimum atomic E-state index is -4.14. The fourth-order valence-corrected chi connectivity index (χ4v) is 3.91. The van der Waals surface area contributed by atoms with Crippen molar-refractivity contribution in [3.05, 3.63) is 51.2 Å². The number of rotatable bonds is 3. The summed E-state index contributed by atoms with van der Waals surface area (Å²) in [6, 6.07) is 7.20. The molecule has 0 unspecified atom stereocenters. The first-order valence-electron chi connectivity index (χ1n) is 5.74. The predicted octanol–water partition coefficient (Wildman–Crippen LogP) is 3.93. The van der Waals surface area contributed by atoms with Gasteiger partial charge in [-0.15, -0.1) is 0 Å². The SMILES string of the molecule is Cc1ccc(NS(=O)(=O)c2cc(Cl)cc(N)c2F)c(Br)c1. The molecule has 0 fully saturated rings. The Balaban J connectivity index is 2.48. The van der Waals surface area contributed by atoms with E-state index in [1.54, 1.807) is 18.2 Å². The lowest BCUT2D eigenvalue weighted by Gasteiger charge is -2.12. The summed E-state index contributed by atoms with van der Waals surface area (Å²) in [5, 5.41) is 0.0391. The monoisotopic (exact) mass is 392 g/mol. The smallest absolute Gasteiger partial charge is 0.264 e. The molecule has 0 heterocycles. The number of anilines is 2. The molecule has 0 bridgehead atoms. The summed E-state index contributed by atoms with van der Waals surface area (Å²) in [7, 11) is -4.14. The summed E-state index contributed by atoms with van der Waals surface area (Å²) in [6.45, 7) is 1.86. The van der Waals surface area contributed by atoms with Crippen molar-refractivity contribution in [2.45, 2.75) is 11.8 Å². The number of nitrogen functional groups attached to an aromatic ring is 1. The van der Waals surface area contributed by atoms with Crippen LogP contribution in [-0.2, 0) is 10.0 Å². The molecule has 0 atom stereocenters. The van der Waals surface area contributed by atoms with Crippen molar-refractivity contribution in [1.29, 1.82) is 0 Å². The van der Waals surface area contributed by atoms with Crippen LogP contribution >= 0.6 is 27.5 Å². The zero-order valence-electron chi connectivity index (χ0n) is 10.8. The third-order valence-corrected chi connectivity index (χ3v) is 4.93. The van der Waals surface area contributed by atoms with Gasteiger partial charge in [0.05, 0.1) is 11.4 Å².